The molecule has 0 aliphatic rings. The third kappa shape index (κ3) is 4.33. The van der Waals surface area contributed by atoms with Crippen LogP contribution in [0.5, 0.6) is 0 Å². The van der Waals surface area contributed by atoms with Gasteiger partial charge in [0.05, 0.1) is 5.69 Å². The molecule has 2 aromatic carbocycles. The molecule has 23 heavy (non-hydrogen) atoms. The summed E-state index contributed by atoms with van der Waals surface area (Å²) in [6, 6.07) is 11.8. The van der Waals surface area contributed by atoms with Gasteiger partial charge in [-0.3, -0.25) is 14.9 Å². The number of nitrogens with two attached hydrogens (primary N) is 1. The molecule has 0 aliphatic heterocycles. The van der Waals surface area contributed by atoms with E-state index in [9.17, 15) is 14.4 Å². The van der Waals surface area contributed by atoms with Gasteiger partial charge in [0.25, 0.3) is 5.91 Å². The molecule has 2 rings (SSSR count). The van der Waals surface area contributed by atoms with Gasteiger partial charge in [0.15, 0.2) is 0 Å². The maximum atomic E-state index is 12.0. The van der Waals surface area contributed by atoms with E-state index >= 15 is 0 Å². The quantitative estimate of drug-likeness (QED) is 0.699. The highest BCUT2D eigenvalue weighted by atomic mass is 79.9. The van der Waals surface area contributed by atoms with E-state index in [1.165, 1.54) is 24.3 Å². The van der Waals surface area contributed by atoms with Gasteiger partial charge >= 0.3 is 6.03 Å². The van der Waals surface area contributed by atoms with E-state index < -0.39 is 17.8 Å². The first-order valence-electron chi connectivity index (χ1n) is 6.38. The fourth-order valence-corrected chi connectivity index (χ4v) is 2.16. The Balaban J connectivity index is 2.05. The second-order valence-electron chi connectivity index (χ2n) is 4.49. The summed E-state index contributed by atoms with van der Waals surface area (Å²) in [5.41, 5.74) is 6.18. The first-order valence-corrected chi connectivity index (χ1v) is 7.57. The lowest BCUT2D eigenvalue weighted by Gasteiger charge is -2.16. The van der Waals surface area contributed by atoms with Gasteiger partial charge < -0.3 is 5.73 Å². The number of hydrogen-bond donors (Lipinski definition) is 3. The number of amides is 4. The van der Waals surface area contributed by atoms with Crippen molar-refractivity contribution in [1.29, 1.82) is 0 Å². The molecule has 0 bridgehead atoms. The zero-order valence-corrected chi connectivity index (χ0v) is 14.2. The van der Waals surface area contributed by atoms with Crippen LogP contribution in [0.15, 0.2) is 53.0 Å². The Labute approximate surface area is 146 Å². The van der Waals surface area contributed by atoms with Crippen molar-refractivity contribution in [3.05, 3.63) is 64.1 Å². The average Bonchev–Trinajstić information content (AvgIpc) is 2.54. The first-order chi connectivity index (χ1) is 10.9. The average molecular weight is 394 g/mol. The molecule has 6 nitrogen and oxygen atoms in total. The number of rotatable bonds is 3. The Morgan fingerprint density at radius 1 is 0.957 bits per heavy atom. The van der Waals surface area contributed by atoms with Crippen LogP contribution in [0.1, 0.15) is 20.7 Å². The highest BCUT2D eigenvalue weighted by Crippen LogP contribution is 2.17. The van der Waals surface area contributed by atoms with E-state index in [4.69, 9.17) is 5.73 Å². The fourth-order valence-electron chi connectivity index (χ4n) is 1.71. The molecule has 0 atom stereocenters. The topological polar surface area (TPSA) is 92.5 Å². The SMILES string of the molecule is NC(=O)c1ccc(N(S)C(=O)NC(=O)c2ccc(Br)cc2)cc1. The van der Waals surface area contributed by atoms with Gasteiger partial charge in [0.1, 0.15) is 0 Å². The van der Waals surface area contributed by atoms with E-state index in [1.807, 2.05) is 0 Å². The molecule has 0 saturated carbocycles. The molecular formula is C15H12BrN3O3S. The minimum atomic E-state index is -0.715. The van der Waals surface area contributed by atoms with Gasteiger partial charge in [0, 0.05) is 15.6 Å². The summed E-state index contributed by atoms with van der Waals surface area (Å²) in [5.74, 6) is -1.12. The third-order valence-corrected chi connectivity index (χ3v) is 3.86. The Morgan fingerprint density at radius 2 is 1.48 bits per heavy atom. The lowest BCUT2D eigenvalue weighted by atomic mass is 10.2. The van der Waals surface area contributed by atoms with Crippen molar-refractivity contribution in [1.82, 2.24) is 5.32 Å². The maximum Gasteiger partial charge on any atom is 0.338 e. The van der Waals surface area contributed by atoms with Crippen LogP contribution in [-0.2, 0) is 0 Å². The van der Waals surface area contributed by atoms with Crippen molar-refractivity contribution >= 4 is 52.3 Å². The molecule has 0 aliphatic carbocycles. The molecule has 0 saturated heterocycles. The molecule has 2 aromatic rings. The van der Waals surface area contributed by atoms with Crippen LogP contribution in [0.2, 0.25) is 0 Å². The second-order valence-corrected chi connectivity index (χ2v) is 5.80. The molecule has 0 spiro atoms. The van der Waals surface area contributed by atoms with Gasteiger partial charge in [-0.2, -0.15) is 0 Å². The van der Waals surface area contributed by atoms with E-state index in [2.05, 4.69) is 34.1 Å². The molecule has 0 fully saturated rings. The van der Waals surface area contributed by atoms with Crippen molar-refractivity contribution in [2.75, 3.05) is 4.31 Å². The summed E-state index contributed by atoms with van der Waals surface area (Å²) < 4.78 is 1.78. The van der Waals surface area contributed by atoms with Crippen LogP contribution in [0.4, 0.5) is 10.5 Å². The molecular weight excluding hydrogens is 382 g/mol. The Bertz CT molecular complexity index is 748. The standard InChI is InChI=1S/C15H12BrN3O3S/c16-11-5-1-10(2-6-11)14(21)18-15(22)19(23)12-7-3-9(4-8-12)13(17)20/h1-8,23H,(H2,17,20)(H,18,21,22). The number of nitrogens with one attached hydrogen (secondary N) is 1. The number of benzene rings is 2. The number of primary amides is 1. The molecule has 3 N–H and O–H groups in total. The number of anilines is 1. The Hall–Kier alpha value is -2.32. The van der Waals surface area contributed by atoms with E-state index in [0.717, 1.165) is 8.78 Å². The van der Waals surface area contributed by atoms with Crippen molar-refractivity contribution in [2.45, 2.75) is 0 Å². The van der Waals surface area contributed by atoms with Crippen LogP contribution in [0, 0.1) is 0 Å². The van der Waals surface area contributed by atoms with Gasteiger partial charge in [-0.05, 0) is 48.5 Å². The lowest BCUT2D eigenvalue weighted by Crippen LogP contribution is -2.38. The highest BCUT2D eigenvalue weighted by Gasteiger charge is 2.16. The van der Waals surface area contributed by atoms with E-state index in [0.29, 0.717) is 16.8 Å². The normalized spacial score (nSPS) is 10.0. The molecule has 4 amide bonds. The number of carbonyl (C=O) groups is 3. The van der Waals surface area contributed by atoms with Gasteiger partial charge in [-0.15, -0.1) is 0 Å². The number of nitrogens with zero attached hydrogens (tertiary/aromatic N) is 1. The van der Waals surface area contributed by atoms with Gasteiger partial charge in [0.2, 0.25) is 5.91 Å². The van der Waals surface area contributed by atoms with Gasteiger partial charge in [-0.25, -0.2) is 9.10 Å². The number of thiol groups is 1. The van der Waals surface area contributed by atoms with Crippen LogP contribution < -0.4 is 15.4 Å². The molecule has 0 heterocycles. The molecule has 0 unspecified atom stereocenters. The summed E-state index contributed by atoms with van der Waals surface area (Å²) in [7, 11) is 0. The maximum absolute atomic E-state index is 12.0. The predicted molar refractivity (Wildman–Crippen MR) is 93.4 cm³/mol. The first kappa shape index (κ1) is 17.0. The van der Waals surface area contributed by atoms with Crippen molar-refractivity contribution < 1.29 is 14.4 Å². The summed E-state index contributed by atoms with van der Waals surface area (Å²) in [4.78, 5) is 35.0. The third-order valence-electron chi connectivity index (χ3n) is 2.92. The number of carbonyl (C=O) groups excluding carboxylic acids is 3. The zero-order chi connectivity index (χ0) is 17.0. The van der Waals surface area contributed by atoms with Crippen molar-refractivity contribution in [3.63, 3.8) is 0 Å². The minimum absolute atomic E-state index is 0.307. The monoisotopic (exact) mass is 393 g/mol. The number of hydrogen-bond acceptors (Lipinski definition) is 4. The number of urea groups is 1. The van der Waals surface area contributed by atoms with Crippen LogP contribution in [-0.4, -0.2) is 17.8 Å². The van der Waals surface area contributed by atoms with Crippen LogP contribution in [0.25, 0.3) is 0 Å². The largest absolute Gasteiger partial charge is 0.366 e. The lowest BCUT2D eigenvalue weighted by molar-refractivity contribution is 0.0964. The molecule has 0 aromatic heterocycles. The van der Waals surface area contributed by atoms with Crippen LogP contribution in [0.3, 0.4) is 0 Å². The smallest absolute Gasteiger partial charge is 0.338 e. The van der Waals surface area contributed by atoms with Gasteiger partial charge in [-0.1, -0.05) is 28.7 Å². The summed E-state index contributed by atoms with van der Waals surface area (Å²) >= 11 is 7.31. The number of imide groups is 1. The molecule has 0 radical (unpaired) electrons. The fraction of sp³-hybridized carbons (Fsp3) is 0. The number of halogens is 1. The zero-order valence-electron chi connectivity index (χ0n) is 11.7. The molecule has 8 heteroatoms. The predicted octanol–water partition coefficient (Wildman–Crippen LogP) is 2.75. The Kier molecular flexibility index (Phi) is 5.41. The van der Waals surface area contributed by atoms with Crippen molar-refractivity contribution in [2.24, 2.45) is 5.73 Å². The summed E-state index contributed by atoms with van der Waals surface area (Å²) in [6.07, 6.45) is 0. The summed E-state index contributed by atoms with van der Waals surface area (Å²) in [6.45, 7) is 0. The highest BCUT2D eigenvalue weighted by molar-refractivity contribution is 9.10. The van der Waals surface area contributed by atoms with Crippen molar-refractivity contribution in [3.8, 4) is 0 Å². The second kappa shape index (κ2) is 7.30. The van der Waals surface area contributed by atoms with E-state index in [-0.39, 0.29) is 0 Å². The van der Waals surface area contributed by atoms with E-state index in [1.54, 1.807) is 24.3 Å². The molecule has 118 valence electrons. The minimum Gasteiger partial charge on any atom is -0.366 e. The summed E-state index contributed by atoms with van der Waals surface area (Å²) in [5, 5.41) is 2.22. The van der Waals surface area contributed by atoms with Crippen LogP contribution >= 0.6 is 28.7 Å². The Morgan fingerprint density at radius 3 is 2.00 bits per heavy atom.